The van der Waals surface area contributed by atoms with E-state index in [4.69, 9.17) is 34.4 Å². The highest BCUT2D eigenvalue weighted by molar-refractivity contribution is 7.16. The average Bonchev–Trinajstić information content (AvgIpc) is 3.16. The predicted octanol–water partition coefficient (Wildman–Crippen LogP) is 6.95. The van der Waals surface area contributed by atoms with Crippen molar-refractivity contribution in [3.05, 3.63) is 74.1 Å². The number of aryl methyl sites for hydroxylation is 1. The van der Waals surface area contributed by atoms with Gasteiger partial charge in [-0.1, -0.05) is 47.3 Å². The molecule has 7 heteroatoms. The first-order valence-electron chi connectivity index (χ1n) is 10.2. The highest BCUT2D eigenvalue weighted by Gasteiger charge is 2.25. The summed E-state index contributed by atoms with van der Waals surface area (Å²) in [5.74, 6) is 2.68. The van der Waals surface area contributed by atoms with Gasteiger partial charge in [0, 0.05) is 27.4 Å². The molecule has 4 rings (SSSR count). The summed E-state index contributed by atoms with van der Waals surface area (Å²) < 4.78 is 5.60. The molecule has 0 saturated heterocycles. The minimum atomic E-state index is -0.157. The van der Waals surface area contributed by atoms with Crippen molar-refractivity contribution < 1.29 is 9.53 Å². The highest BCUT2D eigenvalue weighted by atomic mass is 35.5. The molecular weight excluding hydrogens is 463 g/mol. The number of hydrogen-bond donors (Lipinski definition) is 1. The number of nitrogens with one attached hydrogen (secondary N) is 1. The first-order chi connectivity index (χ1) is 15.6. The van der Waals surface area contributed by atoms with Crippen LogP contribution in [-0.4, -0.2) is 18.7 Å². The van der Waals surface area contributed by atoms with Gasteiger partial charge in [-0.15, -0.1) is 17.8 Å². The van der Waals surface area contributed by atoms with Crippen molar-refractivity contribution in [2.75, 3.05) is 11.9 Å². The Morgan fingerprint density at radius 3 is 2.78 bits per heavy atom. The number of fused-ring (bicyclic) bond motifs is 1. The Bertz CT molecular complexity index is 1210. The normalized spacial score (nSPS) is 12.9. The number of carbonyl (C=O) groups is 1. The molecule has 1 amide bonds. The number of para-hydroxylation sites is 1. The zero-order valence-electron chi connectivity index (χ0n) is 17.2. The molecule has 0 radical (unpaired) electrons. The summed E-state index contributed by atoms with van der Waals surface area (Å²) in [7, 11) is 0. The van der Waals surface area contributed by atoms with E-state index in [1.165, 1.54) is 4.88 Å². The molecule has 1 heterocycles. The van der Waals surface area contributed by atoms with Gasteiger partial charge in [0.2, 0.25) is 0 Å². The fourth-order valence-electron chi connectivity index (χ4n) is 3.66. The van der Waals surface area contributed by atoms with E-state index in [1.54, 1.807) is 29.7 Å². The first-order valence-corrected chi connectivity index (χ1v) is 11.7. The van der Waals surface area contributed by atoms with Crippen molar-refractivity contribution in [2.24, 2.45) is 4.99 Å². The molecular formula is C25H20Cl2N2O2S. The average molecular weight is 483 g/mol. The van der Waals surface area contributed by atoms with Crippen LogP contribution in [0.2, 0.25) is 10.0 Å². The van der Waals surface area contributed by atoms with E-state index in [1.807, 2.05) is 30.3 Å². The number of aliphatic imine (C=N–C) groups is 1. The molecule has 0 spiro atoms. The molecule has 2 aromatic carbocycles. The topological polar surface area (TPSA) is 50.7 Å². The largest absolute Gasteiger partial charge is 0.479 e. The Balaban J connectivity index is 1.72. The van der Waals surface area contributed by atoms with Crippen molar-refractivity contribution >= 4 is 57.3 Å². The maximum Gasteiger partial charge on any atom is 0.259 e. The maximum atomic E-state index is 13.2. The van der Waals surface area contributed by atoms with Gasteiger partial charge in [-0.25, -0.2) is 4.99 Å². The lowest BCUT2D eigenvalue weighted by molar-refractivity contribution is 0.102. The van der Waals surface area contributed by atoms with Gasteiger partial charge in [0.25, 0.3) is 5.91 Å². The van der Waals surface area contributed by atoms with Gasteiger partial charge < -0.3 is 10.1 Å². The summed E-state index contributed by atoms with van der Waals surface area (Å²) in [6.07, 6.45) is 11.0. The Morgan fingerprint density at radius 2 is 2.00 bits per heavy atom. The van der Waals surface area contributed by atoms with E-state index in [9.17, 15) is 4.79 Å². The predicted molar refractivity (Wildman–Crippen MR) is 133 cm³/mol. The molecule has 3 aromatic rings. The third kappa shape index (κ3) is 4.99. The molecule has 1 aliphatic carbocycles. The van der Waals surface area contributed by atoms with E-state index >= 15 is 0 Å². The van der Waals surface area contributed by atoms with Crippen molar-refractivity contribution in [3.8, 4) is 18.1 Å². The number of benzene rings is 2. The summed E-state index contributed by atoms with van der Waals surface area (Å²) in [5.41, 5.74) is 3.06. The highest BCUT2D eigenvalue weighted by Crippen LogP contribution is 2.40. The number of ether oxygens (including phenoxy) is 1. The summed E-state index contributed by atoms with van der Waals surface area (Å²) >= 11 is 14.0. The number of hydrogen-bond acceptors (Lipinski definition) is 4. The molecule has 0 saturated carbocycles. The lowest BCUT2D eigenvalue weighted by atomic mass is 9.95. The number of anilines is 1. The van der Waals surface area contributed by atoms with E-state index in [-0.39, 0.29) is 12.5 Å². The number of halogens is 2. The van der Waals surface area contributed by atoms with E-state index in [0.717, 1.165) is 36.9 Å². The molecule has 0 aliphatic heterocycles. The molecule has 32 heavy (non-hydrogen) atoms. The molecule has 0 atom stereocenters. The van der Waals surface area contributed by atoms with Crippen LogP contribution < -0.4 is 10.1 Å². The Labute approximate surface area is 201 Å². The van der Waals surface area contributed by atoms with Crippen LogP contribution in [0, 0.1) is 12.3 Å². The standard InChI is InChI=1S/C25H20Cl2N2O2S/c1-2-12-31-23-16(13-17(26)14-20(23)27)15-28-25-22(19-10-6-7-11-21(19)32-25)24(30)29-18-8-4-3-5-9-18/h1,3-5,8-9,13-15H,6-7,10-12H2,(H,29,30). The summed E-state index contributed by atoms with van der Waals surface area (Å²) in [6.45, 7) is 0.0697. The molecule has 1 N–H and O–H groups in total. The van der Waals surface area contributed by atoms with Crippen LogP contribution in [0.15, 0.2) is 47.5 Å². The minimum Gasteiger partial charge on any atom is -0.479 e. The monoisotopic (exact) mass is 482 g/mol. The van der Waals surface area contributed by atoms with Crippen molar-refractivity contribution in [3.63, 3.8) is 0 Å². The summed E-state index contributed by atoms with van der Waals surface area (Å²) in [5, 5.41) is 4.46. The lowest BCUT2D eigenvalue weighted by Crippen LogP contribution is -2.14. The van der Waals surface area contributed by atoms with Crippen LogP contribution >= 0.6 is 34.5 Å². The minimum absolute atomic E-state index is 0.0697. The number of amides is 1. The van der Waals surface area contributed by atoms with Gasteiger partial charge in [0.05, 0.1) is 10.6 Å². The number of carbonyl (C=O) groups excluding carboxylic acids is 1. The van der Waals surface area contributed by atoms with Crippen molar-refractivity contribution in [1.82, 2.24) is 0 Å². The summed E-state index contributed by atoms with van der Waals surface area (Å²) in [6, 6.07) is 12.7. The molecule has 4 nitrogen and oxygen atoms in total. The van der Waals surface area contributed by atoms with Crippen LogP contribution in [0.1, 0.15) is 39.2 Å². The van der Waals surface area contributed by atoms with Gasteiger partial charge in [-0.3, -0.25) is 4.79 Å². The molecule has 1 aromatic heterocycles. The number of rotatable bonds is 6. The lowest BCUT2D eigenvalue weighted by Gasteiger charge is -2.13. The molecule has 0 bridgehead atoms. The van der Waals surface area contributed by atoms with Gasteiger partial charge >= 0.3 is 0 Å². The van der Waals surface area contributed by atoms with Gasteiger partial charge in [-0.05, 0) is 55.5 Å². The van der Waals surface area contributed by atoms with Crippen molar-refractivity contribution in [2.45, 2.75) is 25.7 Å². The van der Waals surface area contributed by atoms with Crippen LogP contribution in [0.5, 0.6) is 5.75 Å². The maximum absolute atomic E-state index is 13.2. The van der Waals surface area contributed by atoms with E-state index in [0.29, 0.717) is 31.9 Å². The fraction of sp³-hybridized carbons (Fsp3) is 0.200. The second-order valence-electron chi connectivity index (χ2n) is 7.27. The Morgan fingerprint density at radius 1 is 1.22 bits per heavy atom. The van der Waals surface area contributed by atoms with Crippen molar-refractivity contribution in [1.29, 1.82) is 0 Å². The van der Waals surface area contributed by atoms with Crippen LogP contribution in [0.4, 0.5) is 10.7 Å². The third-order valence-corrected chi connectivity index (χ3v) is 6.77. The Kier molecular flexibility index (Phi) is 7.16. The molecule has 0 fully saturated rings. The zero-order valence-corrected chi connectivity index (χ0v) is 19.5. The van der Waals surface area contributed by atoms with Gasteiger partial charge in [0.1, 0.15) is 17.4 Å². The van der Waals surface area contributed by atoms with Crippen LogP contribution in [0.3, 0.4) is 0 Å². The van der Waals surface area contributed by atoms with Crippen LogP contribution in [-0.2, 0) is 12.8 Å². The second kappa shape index (κ2) is 10.2. The van der Waals surface area contributed by atoms with E-state index < -0.39 is 0 Å². The summed E-state index contributed by atoms with van der Waals surface area (Å²) in [4.78, 5) is 19.1. The second-order valence-corrected chi connectivity index (χ2v) is 9.20. The van der Waals surface area contributed by atoms with Crippen LogP contribution in [0.25, 0.3) is 0 Å². The van der Waals surface area contributed by atoms with E-state index in [2.05, 4.69) is 16.2 Å². The van der Waals surface area contributed by atoms with Gasteiger partial charge in [-0.2, -0.15) is 0 Å². The Hall–Kier alpha value is -2.78. The van der Waals surface area contributed by atoms with Gasteiger partial charge in [0.15, 0.2) is 0 Å². The number of terminal acetylenes is 1. The molecule has 0 unspecified atom stereocenters. The third-order valence-electron chi connectivity index (χ3n) is 5.07. The fourth-order valence-corrected chi connectivity index (χ4v) is 5.46. The number of thiophene rings is 1. The smallest absolute Gasteiger partial charge is 0.259 e. The number of nitrogens with zero attached hydrogens (tertiary/aromatic N) is 1. The zero-order chi connectivity index (χ0) is 22.5. The first kappa shape index (κ1) is 22.4. The molecule has 1 aliphatic rings. The quantitative estimate of drug-likeness (QED) is 0.305. The SMILES string of the molecule is C#CCOc1c(Cl)cc(Cl)cc1C=Nc1sc2c(c1C(=O)Nc1ccccc1)CCCC2. The molecule has 162 valence electrons.